The first-order valence-electron chi connectivity index (χ1n) is 6.64. The summed E-state index contributed by atoms with van der Waals surface area (Å²) in [6, 6.07) is 0. The van der Waals surface area contributed by atoms with Crippen LogP contribution in [0.4, 0.5) is 0 Å². The number of aromatic nitrogens is 1. The third-order valence-corrected chi connectivity index (χ3v) is 3.57. The molecule has 6 heteroatoms. The van der Waals surface area contributed by atoms with Crippen LogP contribution in [-0.2, 0) is 9.47 Å². The molecule has 0 aliphatic carbocycles. The molecule has 6 nitrogen and oxygen atoms in total. The van der Waals surface area contributed by atoms with E-state index in [9.17, 15) is 9.59 Å². The molecule has 1 aliphatic rings. The second-order valence-corrected chi connectivity index (χ2v) is 5.05. The lowest BCUT2D eigenvalue weighted by Gasteiger charge is -2.31. The summed E-state index contributed by atoms with van der Waals surface area (Å²) < 4.78 is 10.2. The van der Waals surface area contributed by atoms with Gasteiger partial charge >= 0.3 is 5.97 Å². The van der Waals surface area contributed by atoms with Crippen molar-refractivity contribution in [3.63, 3.8) is 0 Å². The molecular weight excluding hydrogens is 260 g/mol. The summed E-state index contributed by atoms with van der Waals surface area (Å²) >= 11 is 0. The zero-order valence-electron chi connectivity index (χ0n) is 12.3. The molecule has 1 saturated heterocycles. The van der Waals surface area contributed by atoms with Crippen molar-refractivity contribution in [1.29, 1.82) is 0 Å². The predicted molar refractivity (Wildman–Crippen MR) is 72.9 cm³/mol. The molecule has 1 aliphatic heterocycles. The number of amides is 1. The van der Waals surface area contributed by atoms with Crippen LogP contribution < -0.4 is 0 Å². The number of methoxy groups -OCH3 is 1. The minimum absolute atomic E-state index is 0.0316. The molecule has 1 amide bonds. The Morgan fingerprint density at radius 2 is 2.10 bits per heavy atom. The summed E-state index contributed by atoms with van der Waals surface area (Å²) in [7, 11) is 1.33. The molecule has 1 aromatic rings. The highest BCUT2D eigenvalue weighted by molar-refractivity contribution is 6.00. The predicted octanol–water partition coefficient (Wildman–Crippen LogP) is 1.28. The molecule has 1 atom stereocenters. The van der Waals surface area contributed by atoms with Crippen molar-refractivity contribution in [2.75, 3.05) is 26.8 Å². The number of rotatable bonds is 2. The van der Waals surface area contributed by atoms with Crippen molar-refractivity contribution in [2.45, 2.75) is 26.9 Å². The van der Waals surface area contributed by atoms with E-state index in [0.717, 1.165) is 0 Å². The van der Waals surface area contributed by atoms with E-state index in [-0.39, 0.29) is 12.0 Å². The van der Waals surface area contributed by atoms with Crippen LogP contribution in [0.5, 0.6) is 0 Å². The third kappa shape index (κ3) is 2.56. The standard InChI is InChI=1S/C14H20N2O4/c1-8-7-16(5-6-20-8)13(17)12-9(2)11(10(3)15-12)14(18)19-4/h8,15H,5-7H2,1-4H3/t8-/m1/s1. The molecule has 1 fully saturated rings. The normalized spacial score (nSPS) is 19.0. The van der Waals surface area contributed by atoms with E-state index < -0.39 is 5.97 Å². The summed E-state index contributed by atoms with van der Waals surface area (Å²) in [6.45, 7) is 7.12. The van der Waals surface area contributed by atoms with Gasteiger partial charge in [0.2, 0.25) is 0 Å². The van der Waals surface area contributed by atoms with Crippen LogP contribution in [-0.4, -0.2) is 54.7 Å². The maximum absolute atomic E-state index is 12.5. The van der Waals surface area contributed by atoms with E-state index in [2.05, 4.69) is 4.98 Å². The van der Waals surface area contributed by atoms with Crippen LogP contribution in [0.15, 0.2) is 0 Å². The van der Waals surface area contributed by atoms with Gasteiger partial charge in [-0.2, -0.15) is 0 Å². The van der Waals surface area contributed by atoms with Gasteiger partial charge in [-0.3, -0.25) is 4.79 Å². The second-order valence-electron chi connectivity index (χ2n) is 5.05. The van der Waals surface area contributed by atoms with Gasteiger partial charge in [0, 0.05) is 18.8 Å². The van der Waals surface area contributed by atoms with Gasteiger partial charge in [-0.15, -0.1) is 0 Å². The van der Waals surface area contributed by atoms with Gasteiger partial charge in [0.1, 0.15) is 5.69 Å². The Labute approximate surface area is 118 Å². The molecule has 20 heavy (non-hydrogen) atoms. The number of morpholine rings is 1. The maximum atomic E-state index is 12.5. The lowest BCUT2D eigenvalue weighted by molar-refractivity contribution is -0.0126. The van der Waals surface area contributed by atoms with Gasteiger partial charge in [-0.05, 0) is 26.3 Å². The number of carbonyl (C=O) groups is 2. The number of nitrogens with zero attached hydrogens (tertiary/aromatic N) is 1. The van der Waals surface area contributed by atoms with Crippen molar-refractivity contribution in [3.05, 3.63) is 22.5 Å². The molecule has 0 spiro atoms. The van der Waals surface area contributed by atoms with Crippen molar-refractivity contribution in [2.24, 2.45) is 0 Å². The van der Waals surface area contributed by atoms with Crippen molar-refractivity contribution in [1.82, 2.24) is 9.88 Å². The van der Waals surface area contributed by atoms with E-state index in [1.54, 1.807) is 18.7 Å². The first-order chi connectivity index (χ1) is 9.45. The number of H-pyrrole nitrogens is 1. The van der Waals surface area contributed by atoms with E-state index >= 15 is 0 Å². The van der Waals surface area contributed by atoms with E-state index in [1.165, 1.54) is 7.11 Å². The minimum Gasteiger partial charge on any atom is -0.465 e. The Balaban J connectivity index is 2.29. The van der Waals surface area contributed by atoms with Crippen LogP contribution >= 0.6 is 0 Å². The molecular formula is C14H20N2O4. The molecule has 0 unspecified atom stereocenters. The lowest BCUT2D eigenvalue weighted by Crippen LogP contribution is -2.44. The summed E-state index contributed by atoms with van der Waals surface area (Å²) in [4.78, 5) is 29.0. The van der Waals surface area contributed by atoms with E-state index in [1.807, 2.05) is 6.92 Å². The summed E-state index contributed by atoms with van der Waals surface area (Å²) in [5.41, 5.74) is 2.19. The average molecular weight is 280 g/mol. The highest BCUT2D eigenvalue weighted by Gasteiger charge is 2.28. The molecule has 0 radical (unpaired) electrons. The molecule has 110 valence electrons. The van der Waals surface area contributed by atoms with Crippen molar-refractivity contribution < 1.29 is 19.1 Å². The van der Waals surface area contributed by atoms with Gasteiger partial charge in [0.05, 0.1) is 25.4 Å². The van der Waals surface area contributed by atoms with Gasteiger partial charge in [-0.1, -0.05) is 0 Å². The summed E-state index contributed by atoms with van der Waals surface area (Å²) in [5.74, 6) is -0.526. The molecule has 1 N–H and O–H groups in total. The molecule has 0 saturated carbocycles. The number of ether oxygens (including phenoxy) is 2. The number of carbonyl (C=O) groups excluding carboxylic acids is 2. The number of aromatic amines is 1. The summed E-state index contributed by atoms with van der Waals surface area (Å²) in [5, 5.41) is 0. The lowest BCUT2D eigenvalue weighted by atomic mass is 10.1. The van der Waals surface area contributed by atoms with E-state index in [0.29, 0.717) is 42.2 Å². The van der Waals surface area contributed by atoms with Gasteiger partial charge < -0.3 is 19.4 Å². The smallest absolute Gasteiger partial charge is 0.339 e. The Morgan fingerprint density at radius 1 is 1.40 bits per heavy atom. The number of hydrogen-bond donors (Lipinski definition) is 1. The first kappa shape index (κ1) is 14.6. The number of hydrogen-bond acceptors (Lipinski definition) is 4. The SMILES string of the molecule is COC(=O)c1c(C)[nH]c(C(=O)N2CCO[C@H](C)C2)c1C. The van der Waals surface area contributed by atoms with Gasteiger partial charge in [-0.25, -0.2) is 4.79 Å². The van der Waals surface area contributed by atoms with Crippen LogP contribution in [0.25, 0.3) is 0 Å². The Bertz CT molecular complexity index is 536. The van der Waals surface area contributed by atoms with Crippen LogP contribution in [0.1, 0.15) is 39.0 Å². The molecule has 2 rings (SSSR count). The van der Waals surface area contributed by atoms with Gasteiger partial charge in [0.15, 0.2) is 0 Å². The molecule has 0 bridgehead atoms. The maximum Gasteiger partial charge on any atom is 0.339 e. The average Bonchev–Trinajstić information content (AvgIpc) is 2.72. The highest BCUT2D eigenvalue weighted by Crippen LogP contribution is 2.21. The highest BCUT2D eigenvalue weighted by atomic mass is 16.5. The van der Waals surface area contributed by atoms with E-state index in [4.69, 9.17) is 9.47 Å². The van der Waals surface area contributed by atoms with Crippen LogP contribution in [0.2, 0.25) is 0 Å². The monoisotopic (exact) mass is 280 g/mol. The summed E-state index contributed by atoms with van der Waals surface area (Å²) in [6.07, 6.45) is 0.0316. The fraction of sp³-hybridized carbons (Fsp3) is 0.571. The molecule has 1 aromatic heterocycles. The Hall–Kier alpha value is -1.82. The van der Waals surface area contributed by atoms with Crippen molar-refractivity contribution in [3.8, 4) is 0 Å². The number of aryl methyl sites for hydroxylation is 1. The zero-order valence-corrected chi connectivity index (χ0v) is 12.3. The third-order valence-electron chi connectivity index (χ3n) is 3.57. The molecule has 0 aromatic carbocycles. The van der Waals surface area contributed by atoms with Crippen LogP contribution in [0, 0.1) is 13.8 Å². The fourth-order valence-corrected chi connectivity index (χ4v) is 2.53. The minimum atomic E-state index is -0.425. The number of nitrogens with one attached hydrogen (secondary N) is 1. The topological polar surface area (TPSA) is 71.6 Å². The largest absolute Gasteiger partial charge is 0.465 e. The van der Waals surface area contributed by atoms with Gasteiger partial charge in [0.25, 0.3) is 5.91 Å². The second kappa shape index (κ2) is 5.66. The number of esters is 1. The molecule has 2 heterocycles. The Morgan fingerprint density at radius 3 is 2.70 bits per heavy atom. The quantitative estimate of drug-likeness (QED) is 0.828. The Kier molecular flexibility index (Phi) is 4.13. The zero-order chi connectivity index (χ0) is 14.9. The first-order valence-corrected chi connectivity index (χ1v) is 6.64. The fourth-order valence-electron chi connectivity index (χ4n) is 2.53. The van der Waals surface area contributed by atoms with Crippen LogP contribution in [0.3, 0.4) is 0 Å². The van der Waals surface area contributed by atoms with Crippen molar-refractivity contribution >= 4 is 11.9 Å².